The third-order valence-electron chi connectivity index (χ3n) is 2.75. The summed E-state index contributed by atoms with van der Waals surface area (Å²) in [7, 11) is 0. The van der Waals surface area contributed by atoms with Crippen molar-refractivity contribution >= 4 is 33.5 Å². The SMILES string of the molecule is NCc1cc(-n2cc(I)cn2)c2ccccc2n1. The van der Waals surface area contributed by atoms with Crippen LogP contribution in [-0.2, 0) is 6.54 Å². The van der Waals surface area contributed by atoms with Gasteiger partial charge in [-0.05, 0) is 34.7 Å². The fourth-order valence-electron chi connectivity index (χ4n) is 1.94. The van der Waals surface area contributed by atoms with Gasteiger partial charge in [-0.2, -0.15) is 5.10 Å². The Labute approximate surface area is 118 Å². The molecule has 0 aliphatic heterocycles. The first-order chi connectivity index (χ1) is 8.78. The van der Waals surface area contributed by atoms with Gasteiger partial charge in [0.2, 0.25) is 0 Å². The van der Waals surface area contributed by atoms with E-state index in [0.717, 1.165) is 25.9 Å². The molecule has 0 atom stereocenters. The summed E-state index contributed by atoms with van der Waals surface area (Å²) in [6.45, 7) is 0.427. The highest BCUT2D eigenvalue weighted by Gasteiger charge is 2.07. The Hall–Kier alpha value is -1.47. The second-order valence-corrected chi connectivity index (χ2v) is 5.20. The number of hydrogen-bond donors (Lipinski definition) is 1. The summed E-state index contributed by atoms with van der Waals surface area (Å²) in [4.78, 5) is 4.52. The number of pyridine rings is 1. The third-order valence-corrected chi connectivity index (χ3v) is 3.31. The molecular formula is C13H11IN4. The quantitative estimate of drug-likeness (QED) is 0.723. The van der Waals surface area contributed by atoms with E-state index in [1.807, 2.05) is 47.4 Å². The first-order valence-electron chi connectivity index (χ1n) is 5.57. The lowest BCUT2D eigenvalue weighted by atomic mass is 10.1. The Morgan fingerprint density at radius 3 is 2.83 bits per heavy atom. The molecule has 2 N–H and O–H groups in total. The minimum atomic E-state index is 0.427. The van der Waals surface area contributed by atoms with Crippen molar-refractivity contribution in [2.75, 3.05) is 0 Å². The summed E-state index contributed by atoms with van der Waals surface area (Å²) >= 11 is 2.25. The Bertz CT molecular complexity index is 705. The third kappa shape index (κ3) is 1.99. The van der Waals surface area contributed by atoms with Crippen molar-refractivity contribution in [3.63, 3.8) is 0 Å². The normalized spacial score (nSPS) is 11.0. The van der Waals surface area contributed by atoms with Crippen LogP contribution in [0.25, 0.3) is 16.6 Å². The second-order valence-electron chi connectivity index (χ2n) is 3.96. The standard InChI is InChI=1S/C13H11IN4/c14-9-7-16-18(8-9)13-5-10(6-15)17-12-4-2-1-3-11(12)13/h1-5,7-8H,6,15H2. The van der Waals surface area contributed by atoms with E-state index in [9.17, 15) is 0 Å². The van der Waals surface area contributed by atoms with Gasteiger partial charge in [0, 0.05) is 18.1 Å². The zero-order chi connectivity index (χ0) is 12.5. The lowest BCUT2D eigenvalue weighted by molar-refractivity contribution is 0.878. The van der Waals surface area contributed by atoms with Gasteiger partial charge in [-0.3, -0.25) is 4.98 Å². The van der Waals surface area contributed by atoms with Gasteiger partial charge in [0.15, 0.2) is 0 Å². The predicted molar refractivity (Wildman–Crippen MR) is 79.5 cm³/mol. The van der Waals surface area contributed by atoms with Crippen molar-refractivity contribution in [1.82, 2.24) is 14.8 Å². The van der Waals surface area contributed by atoms with Crippen LogP contribution in [0.4, 0.5) is 0 Å². The largest absolute Gasteiger partial charge is 0.325 e. The van der Waals surface area contributed by atoms with Gasteiger partial charge >= 0.3 is 0 Å². The van der Waals surface area contributed by atoms with Gasteiger partial charge in [-0.1, -0.05) is 18.2 Å². The molecule has 18 heavy (non-hydrogen) atoms. The van der Waals surface area contributed by atoms with Crippen LogP contribution in [0.5, 0.6) is 0 Å². The summed E-state index contributed by atoms with van der Waals surface area (Å²) in [5.41, 5.74) is 8.53. The maximum atomic E-state index is 5.70. The topological polar surface area (TPSA) is 56.7 Å². The molecule has 0 unspecified atom stereocenters. The number of hydrogen-bond acceptors (Lipinski definition) is 3. The molecule has 0 amide bonds. The van der Waals surface area contributed by atoms with Crippen molar-refractivity contribution in [3.8, 4) is 5.69 Å². The molecule has 3 rings (SSSR count). The molecule has 0 spiro atoms. The number of benzene rings is 1. The molecule has 0 bridgehead atoms. The monoisotopic (exact) mass is 350 g/mol. The molecular weight excluding hydrogens is 339 g/mol. The Morgan fingerprint density at radius 1 is 1.28 bits per heavy atom. The minimum absolute atomic E-state index is 0.427. The van der Waals surface area contributed by atoms with Crippen molar-refractivity contribution in [2.45, 2.75) is 6.54 Å². The van der Waals surface area contributed by atoms with Crippen LogP contribution in [0.3, 0.4) is 0 Å². The molecule has 1 aromatic carbocycles. The number of aromatic nitrogens is 3. The fraction of sp³-hybridized carbons (Fsp3) is 0.0769. The van der Waals surface area contributed by atoms with Gasteiger partial charge < -0.3 is 5.73 Å². The van der Waals surface area contributed by atoms with Gasteiger partial charge in [0.05, 0.1) is 26.7 Å². The van der Waals surface area contributed by atoms with Crippen LogP contribution in [0, 0.1) is 3.57 Å². The van der Waals surface area contributed by atoms with Crippen LogP contribution in [-0.4, -0.2) is 14.8 Å². The van der Waals surface area contributed by atoms with Crippen molar-refractivity contribution in [1.29, 1.82) is 0 Å². The first-order valence-corrected chi connectivity index (χ1v) is 6.65. The smallest absolute Gasteiger partial charge is 0.0758 e. The van der Waals surface area contributed by atoms with E-state index in [1.54, 1.807) is 0 Å². The highest BCUT2D eigenvalue weighted by molar-refractivity contribution is 14.1. The van der Waals surface area contributed by atoms with Gasteiger partial charge in [0.1, 0.15) is 0 Å². The lowest BCUT2D eigenvalue weighted by Gasteiger charge is -2.08. The van der Waals surface area contributed by atoms with Crippen LogP contribution in [0.2, 0.25) is 0 Å². The molecule has 90 valence electrons. The second kappa shape index (κ2) is 4.66. The van der Waals surface area contributed by atoms with E-state index in [2.05, 4.69) is 32.7 Å². The summed E-state index contributed by atoms with van der Waals surface area (Å²) < 4.78 is 2.97. The summed E-state index contributed by atoms with van der Waals surface area (Å²) in [6, 6.07) is 10.0. The lowest BCUT2D eigenvalue weighted by Crippen LogP contribution is -2.04. The molecule has 5 heteroatoms. The van der Waals surface area contributed by atoms with E-state index < -0.39 is 0 Å². The Morgan fingerprint density at radius 2 is 2.11 bits per heavy atom. The van der Waals surface area contributed by atoms with Crippen LogP contribution in [0.1, 0.15) is 5.69 Å². The van der Waals surface area contributed by atoms with E-state index in [4.69, 9.17) is 5.73 Å². The Kier molecular flexibility index (Phi) is 3.00. The summed E-state index contributed by atoms with van der Waals surface area (Å²) in [5.74, 6) is 0. The van der Waals surface area contributed by atoms with Crippen molar-refractivity contribution < 1.29 is 0 Å². The van der Waals surface area contributed by atoms with E-state index in [0.29, 0.717) is 6.54 Å². The number of nitrogens with two attached hydrogens (primary N) is 1. The highest BCUT2D eigenvalue weighted by Crippen LogP contribution is 2.22. The zero-order valence-electron chi connectivity index (χ0n) is 9.55. The molecule has 0 fully saturated rings. The molecule has 0 saturated carbocycles. The highest BCUT2D eigenvalue weighted by atomic mass is 127. The van der Waals surface area contributed by atoms with Gasteiger partial charge in [-0.15, -0.1) is 0 Å². The molecule has 0 aliphatic rings. The molecule has 2 heterocycles. The number of nitrogens with zero attached hydrogens (tertiary/aromatic N) is 3. The van der Waals surface area contributed by atoms with Crippen LogP contribution >= 0.6 is 22.6 Å². The molecule has 4 nitrogen and oxygen atoms in total. The molecule has 2 aromatic heterocycles. The summed E-state index contributed by atoms with van der Waals surface area (Å²) in [5, 5.41) is 5.43. The number of rotatable bonds is 2. The average molecular weight is 350 g/mol. The minimum Gasteiger partial charge on any atom is -0.325 e. The van der Waals surface area contributed by atoms with Crippen molar-refractivity contribution in [3.05, 3.63) is 52.0 Å². The summed E-state index contributed by atoms with van der Waals surface area (Å²) in [6.07, 6.45) is 3.82. The zero-order valence-corrected chi connectivity index (χ0v) is 11.7. The van der Waals surface area contributed by atoms with E-state index in [-0.39, 0.29) is 0 Å². The molecule has 0 radical (unpaired) electrons. The molecule has 0 saturated heterocycles. The Balaban J connectivity index is 2.32. The number of fused-ring (bicyclic) bond motifs is 1. The van der Waals surface area contributed by atoms with Crippen LogP contribution < -0.4 is 5.73 Å². The van der Waals surface area contributed by atoms with Gasteiger partial charge in [-0.25, -0.2) is 4.68 Å². The van der Waals surface area contributed by atoms with E-state index >= 15 is 0 Å². The number of para-hydroxylation sites is 1. The maximum Gasteiger partial charge on any atom is 0.0758 e. The predicted octanol–water partition coefficient (Wildman–Crippen LogP) is 2.48. The maximum absolute atomic E-state index is 5.70. The van der Waals surface area contributed by atoms with E-state index in [1.165, 1.54) is 0 Å². The fourth-order valence-corrected chi connectivity index (χ4v) is 2.33. The van der Waals surface area contributed by atoms with Crippen molar-refractivity contribution in [2.24, 2.45) is 5.73 Å². The van der Waals surface area contributed by atoms with Gasteiger partial charge in [0.25, 0.3) is 0 Å². The number of halogens is 1. The first kappa shape index (κ1) is 11.6. The van der Waals surface area contributed by atoms with Crippen LogP contribution in [0.15, 0.2) is 42.7 Å². The molecule has 3 aromatic rings. The average Bonchev–Trinajstić information content (AvgIpc) is 2.84. The molecule has 0 aliphatic carbocycles.